The van der Waals surface area contributed by atoms with Crippen LogP contribution in [0.5, 0.6) is 0 Å². The number of hydrogen-bond acceptors (Lipinski definition) is 3. The molecule has 0 bridgehead atoms. The van der Waals surface area contributed by atoms with Gasteiger partial charge < -0.3 is 4.74 Å². The van der Waals surface area contributed by atoms with Crippen LogP contribution >= 0.6 is 0 Å². The Morgan fingerprint density at radius 3 is 2.38 bits per heavy atom. The van der Waals surface area contributed by atoms with Crippen LogP contribution in [0.2, 0.25) is 0 Å². The molecule has 4 nitrogen and oxygen atoms in total. The molecule has 1 atom stereocenters. The first-order valence-corrected chi connectivity index (χ1v) is 8.01. The molecule has 1 aromatic heterocycles. The molecule has 120 valence electrons. The lowest BCUT2D eigenvalue weighted by Crippen LogP contribution is -2.38. The van der Waals surface area contributed by atoms with Gasteiger partial charge in [-0.15, -0.1) is 0 Å². The van der Waals surface area contributed by atoms with Crippen LogP contribution in [0.25, 0.3) is 0 Å². The molecule has 1 heterocycles. The fraction of sp³-hybridized carbons (Fsp3) is 0.765. The Morgan fingerprint density at radius 2 is 1.90 bits per heavy atom. The molecule has 0 saturated heterocycles. The molecule has 0 fully saturated rings. The summed E-state index contributed by atoms with van der Waals surface area (Å²) in [5.74, 6) is 0.110. The molecular weight excluding hydrogens is 264 g/mol. The lowest BCUT2D eigenvalue weighted by molar-refractivity contribution is -0.136. The van der Waals surface area contributed by atoms with Crippen LogP contribution in [0.15, 0.2) is 12.3 Å². The molecule has 4 heteroatoms. The molecule has 1 rings (SSSR count). The van der Waals surface area contributed by atoms with Gasteiger partial charge in [-0.05, 0) is 31.2 Å². The molecule has 0 aliphatic rings. The highest BCUT2D eigenvalue weighted by Gasteiger charge is 2.32. The number of nitrogens with zero attached hydrogens (tertiary/aromatic N) is 2. The minimum atomic E-state index is -0.374. The van der Waals surface area contributed by atoms with Gasteiger partial charge in [-0.25, -0.2) is 0 Å². The zero-order valence-electron chi connectivity index (χ0n) is 14.3. The average molecular weight is 294 g/mol. The second kappa shape index (κ2) is 7.74. The third-order valence-electron chi connectivity index (χ3n) is 3.75. The zero-order valence-corrected chi connectivity index (χ0v) is 14.3. The first kappa shape index (κ1) is 17.9. The quantitative estimate of drug-likeness (QED) is 0.732. The molecule has 0 radical (unpaired) electrons. The number of aromatic nitrogens is 2. The summed E-state index contributed by atoms with van der Waals surface area (Å²) in [5.41, 5.74) is 0.645. The van der Waals surface area contributed by atoms with E-state index in [4.69, 9.17) is 4.74 Å². The number of ketones is 1. The number of Topliss-reactive ketones (excluding diaryl/α,β-unsaturated/α-hetero) is 1. The largest absolute Gasteiger partial charge is 0.370 e. The molecule has 1 unspecified atom stereocenters. The van der Waals surface area contributed by atoms with Crippen molar-refractivity contribution in [1.82, 2.24) is 9.78 Å². The summed E-state index contributed by atoms with van der Waals surface area (Å²) < 4.78 is 7.63. The van der Waals surface area contributed by atoms with E-state index in [0.29, 0.717) is 19.1 Å². The lowest BCUT2D eigenvalue weighted by Gasteiger charge is -2.28. The summed E-state index contributed by atoms with van der Waals surface area (Å²) in [6.07, 6.45) is 4.05. The maximum atomic E-state index is 12.5. The van der Waals surface area contributed by atoms with Gasteiger partial charge in [0.1, 0.15) is 6.10 Å². The van der Waals surface area contributed by atoms with Crippen molar-refractivity contribution in [2.24, 2.45) is 5.41 Å². The summed E-state index contributed by atoms with van der Waals surface area (Å²) in [4.78, 5) is 12.5. The van der Waals surface area contributed by atoms with Crippen LogP contribution in [-0.4, -0.2) is 28.3 Å². The summed E-state index contributed by atoms with van der Waals surface area (Å²) in [5, 5.41) is 4.56. The van der Waals surface area contributed by atoms with Gasteiger partial charge in [-0.1, -0.05) is 34.6 Å². The van der Waals surface area contributed by atoms with Crippen LogP contribution in [0.4, 0.5) is 0 Å². The molecule has 0 aromatic carbocycles. The van der Waals surface area contributed by atoms with Gasteiger partial charge in [-0.2, -0.15) is 5.10 Å². The maximum Gasteiger partial charge on any atom is 0.168 e. The van der Waals surface area contributed by atoms with E-state index in [1.165, 1.54) is 0 Å². The van der Waals surface area contributed by atoms with Crippen LogP contribution in [0.1, 0.15) is 66.1 Å². The Labute approximate surface area is 128 Å². The Balaban J connectivity index is 2.78. The highest BCUT2D eigenvalue weighted by molar-refractivity contribution is 5.85. The van der Waals surface area contributed by atoms with E-state index in [1.54, 1.807) is 0 Å². The lowest BCUT2D eigenvalue weighted by atomic mass is 9.85. The van der Waals surface area contributed by atoms with Gasteiger partial charge in [0.05, 0.1) is 18.2 Å². The van der Waals surface area contributed by atoms with E-state index < -0.39 is 0 Å². The maximum absolute atomic E-state index is 12.5. The van der Waals surface area contributed by atoms with Gasteiger partial charge in [0, 0.05) is 12.8 Å². The molecule has 0 N–H and O–H groups in total. The second-order valence-corrected chi connectivity index (χ2v) is 6.60. The molecule has 0 amide bonds. The van der Waals surface area contributed by atoms with Gasteiger partial charge in [0.25, 0.3) is 0 Å². The zero-order chi connectivity index (χ0) is 16.0. The van der Waals surface area contributed by atoms with E-state index in [0.717, 1.165) is 18.5 Å². The van der Waals surface area contributed by atoms with Gasteiger partial charge in [0.2, 0.25) is 0 Å². The van der Waals surface area contributed by atoms with Crippen molar-refractivity contribution >= 4 is 5.78 Å². The van der Waals surface area contributed by atoms with E-state index >= 15 is 0 Å². The topological polar surface area (TPSA) is 44.1 Å². The first-order valence-electron chi connectivity index (χ1n) is 8.01. The molecule has 0 aliphatic heterocycles. The Kier molecular flexibility index (Phi) is 6.59. The molecule has 0 aliphatic carbocycles. The summed E-state index contributed by atoms with van der Waals surface area (Å²) in [6, 6.07) is 2.36. The van der Waals surface area contributed by atoms with E-state index in [1.807, 2.05) is 44.6 Å². The van der Waals surface area contributed by atoms with Crippen molar-refractivity contribution < 1.29 is 9.53 Å². The van der Waals surface area contributed by atoms with E-state index in [-0.39, 0.29) is 17.3 Å². The highest BCUT2D eigenvalue weighted by Crippen LogP contribution is 2.24. The highest BCUT2D eigenvalue weighted by atomic mass is 16.5. The SMILES string of the molecule is CCOC(C(=O)Cc1ccn(C(CC)CC)n1)C(C)(C)C. The standard InChI is InChI=1S/C17H30N2O2/c1-7-14(8-2)19-11-10-13(18-19)12-15(20)16(21-9-3)17(4,5)6/h10-11,14,16H,7-9,12H2,1-6H3. The Hall–Kier alpha value is -1.16. The smallest absolute Gasteiger partial charge is 0.168 e. The first-order chi connectivity index (χ1) is 9.83. The van der Waals surface area contributed by atoms with Crippen molar-refractivity contribution in [3.63, 3.8) is 0 Å². The summed E-state index contributed by atoms with van der Waals surface area (Å²) in [7, 11) is 0. The minimum Gasteiger partial charge on any atom is -0.370 e. The third-order valence-corrected chi connectivity index (χ3v) is 3.75. The van der Waals surface area contributed by atoms with Crippen LogP contribution in [0.3, 0.4) is 0 Å². The van der Waals surface area contributed by atoms with Gasteiger partial charge in [0.15, 0.2) is 5.78 Å². The normalized spacial score (nSPS) is 13.7. The summed E-state index contributed by atoms with van der Waals surface area (Å²) >= 11 is 0. The number of ether oxygens (including phenoxy) is 1. The second-order valence-electron chi connectivity index (χ2n) is 6.60. The minimum absolute atomic E-state index is 0.110. The van der Waals surface area contributed by atoms with Crippen molar-refractivity contribution in [2.45, 2.75) is 73.0 Å². The molecule has 21 heavy (non-hydrogen) atoms. The molecule has 1 aromatic rings. The van der Waals surface area contributed by atoms with E-state index in [2.05, 4.69) is 18.9 Å². The predicted molar refractivity (Wildman–Crippen MR) is 85.4 cm³/mol. The number of rotatable bonds is 8. The molecular formula is C17H30N2O2. The van der Waals surface area contributed by atoms with Crippen LogP contribution < -0.4 is 0 Å². The van der Waals surface area contributed by atoms with Crippen molar-refractivity contribution in [3.8, 4) is 0 Å². The monoisotopic (exact) mass is 294 g/mol. The summed E-state index contributed by atoms with van der Waals surface area (Å²) in [6.45, 7) is 12.9. The van der Waals surface area contributed by atoms with Crippen molar-refractivity contribution in [3.05, 3.63) is 18.0 Å². The number of carbonyl (C=O) groups is 1. The van der Waals surface area contributed by atoms with Gasteiger partial charge >= 0.3 is 0 Å². The number of hydrogen-bond donors (Lipinski definition) is 0. The Morgan fingerprint density at radius 1 is 1.29 bits per heavy atom. The number of carbonyl (C=O) groups excluding carboxylic acids is 1. The van der Waals surface area contributed by atoms with Crippen molar-refractivity contribution in [1.29, 1.82) is 0 Å². The predicted octanol–water partition coefficient (Wildman–Crippen LogP) is 3.81. The fourth-order valence-electron chi connectivity index (χ4n) is 2.60. The van der Waals surface area contributed by atoms with Crippen LogP contribution in [-0.2, 0) is 16.0 Å². The van der Waals surface area contributed by atoms with E-state index in [9.17, 15) is 4.79 Å². The average Bonchev–Trinajstić information content (AvgIpc) is 2.84. The molecule has 0 saturated carbocycles. The van der Waals surface area contributed by atoms with Gasteiger partial charge in [-0.3, -0.25) is 9.48 Å². The van der Waals surface area contributed by atoms with Crippen molar-refractivity contribution in [2.75, 3.05) is 6.61 Å². The fourth-order valence-corrected chi connectivity index (χ4v) is 2.60. The van der Waals surface area contributed by atoms with Crippen LogP contribution in [0, 0.1) is 5.41 Å². The Bertz CT molecular complexity index is 442. The molecule has 0 spiro atoms. The third kappa shape index (κ3) is 4.95.